The van der Waals surface area contributed by atoms with Crippen molar-refractivity contribution in [2.45, 2.75) is 64.5 Å². The Morgan fingerprint density at radius 2 is 2.26 bits per heavy atom. The fourth-order valence-corrected chi connectivity index (χ4v) is 2.79. The van der Waals surface area contributed by atoms with Gasteiger partial charge in [-0.2, -0.15) is 0 Å². The zero-order chi connectivity index (χ0) is 13.8. The third-order valence-electron chi connectivity index (χ3n) is 3.61. The van der Waals surface area contributed by atoms with E-state index in [9.17, 15) is 4.79 Å². The van der Waals surface area contributed by atoms with E-state index in [0.717, 1.165) is 16.6 Å². The number of nitrogens with zero attached hydrogens (tertiary/aromatic N) is 1. The molecule has 1 N–H and O–H groups in total. The Balaban J connectivity index is 1.92. The molecule has 1 heterocycles. The summed E-state index contributed by atoms with van der Waals surface area (Å²) in [5.41, 5.74) is 0.789. The van der Waals surface area contributed by atoms with E-state index >= 15 is 0 Å². The van der Waals surface area contributed by atoms with Crippen LogP contribution in [-0.2, 0) is 0 Å². The molecule has 1 aliphatic carbocycles. The van der Waals surface area contributed by atoms with Crippen LogP contribution in [0.4, 0.5) is 0 Å². The van der Waals surface area contributed by atoms with E-state index in [-0.39, 0.29) is 11.9 Å². The van der Waals surface area contributed by atoms with Crippen molar-refractivity contribution in [2.24, 2.45) is 0 Å². The Morgan fingerprint density at radius 3 is 2.89 bits per heavy atom. The third-order valence-corrected chi connectivity index (χ3v) is 4.04. The molecule has 1 atom stereocenters. The van der Waals surface area contributed by atoms with Crippen molar-refractivity contribution in [3.63, 3.8) is 0 Å². The van der Waals surface area contributed by atoms with Crippen molar-refractivity contribution in [2.75, 3.05) is 0 Å². The third kappa shape index (κ3) is 4.10. The second-order valence-electron chi connectivity index (χ2n) is 5.55. The van der Waals surface area contributed by atoms with E-state index in [4.69, 9.17) is 0 Å². The number of carbonyl (C=O) groups excluding carboxylic acids is 1. The van der Waals surface area contributed by atoms with Gasteiger partial charge in [-0.15, -0.1) is 0 Å². The zero-order valence-corrected chi connectivity index (χ0v) is 13.4. The van der Waals surface area contributed by atoms with Gasteiger partial charge >= 0.3 is 0 Å². The summed E-state index contributed by atoms with van der Waals surface area (Å²) >= 11 is 3.46. The van der Waals surface area contributed by atoms with Gasteiger partial charge < -0.3 is 9.88 Å². The van der Waals surface area contributed by atoms with Crippen molar-refractivity contribution in [3.8, 4) is 0 Å². The number of aromatic nitrogens is 1. The van der Waals surface area contributed by atoms with E-state index in [1.54, 1.807) is 0 Å². The first kappa shape index (κ1) is 14.6. The van der Waals surface area contributed by atoms with E-state index in [0.29, 0.717) is 6.04 Å². The maximum atomic E-state index is 12.3. The Labute approximate surface area is 123 Å². The summed E-state index contributed by atoms with van der Waals surface area (Å²) in [7, 11) is 0. The van der Waals surface area contributed by atoms with E-state index in [2.05, 4.69) is 39.7 Å². The van der Waals surface area contributed by atoms with Gasteiger partial charge in [0.1, 0.15) is 5.69 Å². The van der Waals surface area contributed by atoms with Crippen LogP contribution in [0.2, 0.25) is 0 Å². The maximum Gasteiger partial charge on any atom is 0.268 e. The summed E-state index contributed by atoms with van der Waals surface area (Å²) < 4.78 is 3.10. The molecule has 1 fully saturated rings. The molecule has 1 aromatic heterocycles. The molecule has 1 amide bonds. The molecular weight excluding hydrogens is 304 g/mol. The van der Waals surface area contributed by atoms with Gasteiger partial charge in [-0.3, -0.25) is 4.79 Å². The molecule has 0 aromatic carbocycles. The lowest BCUT2D eigenvalue weighted by atomic mass is 10.1. The fraction of sp³-hybridized carbons (Fsp3) is 0.667. The van der Waals surface area contributed by atoms with Crippen LogP contribution in [0.15, 0.2) is 16.7 Å². The number of unbranched alkanes of at least 4 members (excludes halogenated alkanes) is 2. The molecule has 0 radical (unpaired) electrons. The van der Waals surface area contributed by atoms with Crippen LogP contribution < -0.4 is 5.32 Å². The molecule has 0 spiro atoms. The monoisotopic (exact) mass is 326 g/mol. The summed E-state index contributed by atoms with van der Waals surface area (Å²) in [6.45, 7) is 4.29. The van der Waals surface area contributed by atoms with Crippen molar-refractivity contribution >= 4 is 21.8 Å². The number of halogens is 1. The molecule has 1 saturated carbocycles. The van der Waals surface area contributed by atoms with Crippen LogP contribution >= 0.6 is 15.9 Å². The lowest BCUT2D eigenvalue weighted by Gasteiger charge is -2.14. The molecule has 0 saturated heterocycles. The molecule has 1 unspecified atom stereocenters. The minimum Gasteiger partial charge on any atom is -0.348 e. The second kappa shape index (κ2) is 6.60. The molecule has 2 rings (SSSR count). The minimum absolute atomic E-state index is 0.0570. The standard InChI is InChI=1S/C15H23BrN2O/c1-3-4-5-6-11(2)17-15(19)14-9-12(16)10-18(14)13-7-8-13/h9-11,13H,3-8H2,1-2H3,(H,17,19). The molecule has 106 valence electrons. The van der Waals surface area contributed by atoms with Crippen molar-refractivity contribution in [3.05, 3.63) is 22.4 Å². The fourth-order valence-electron chi connectivity index (χ4n) is 2.35. The van der Waals surface area contributed by atoms with Gasteiger partial charge in [0.2, 0.25) is 0 Å². The second-order valence-corrected chi connectivity index (χ2v) is 6.47. The Kier molecular flexibility index (Phi) is 5.08. The summed E-state index contributed by atoms with van der Waals surface area (Å²) in [6, 6.07) is 2.70. The van der Waals surface area contributed by atoms with Gasteiger partial charge in [0.05, 0.1) is 0 Å². The first-order chi connectivity index (χ1) is 9.11. The summed E-state index contributed by atoms with van der Waals surface area (Å²) in [5, 5.41) is 3.11. The smallest absolute Gasteiger partial charge is 0.268 e. The molecule has 3 nitrogen and oxygen atoms in total. The predicted molar refractivity (Wildman–Crippen MR) is 81.5 cm³/mol. The summed E-state index contributed by atoms with van der Waals surface area (Å²) in [5.74, 6) is 0.0570. The van der Waals surface area contributed by atoms with Gasteiger partial charge in [-0.05, 0) is 48.2 Å². The van der Waals surface area contributed by atoms with Gasteiger partial charge in [0.15, 0.2) is 0 Å². The summed E-state index contributed by atoms with van der Waals surface area (Å²) in [6.07, 6.45) is 9.10. The van der Waals surface area contributed by atoms with Crippen LogP contribution in [-0.4, -0.2) is 16.5 Å². The average molecular weight is 327 g/mol. The molecule has 0 aliphatic heterocycles. The lowest BCUT2D eigenvalue weighted by molar-refractivity contribution is 0.0928. The largest absolute Gasteiger partial charge is 0.348 e. The van der Waals surface area contributed by atoms with Crippen LogP contribution in [0.25, 0.3) is 0 Å². The highest BCUT2D eigenvalue weighted by Crippen LogP contribution is 2.37. The highest BCUT2D eigenvalue weighted by atomic mass is 79.9. The minimum atomic E-state index is 0.0570. The van der Waals surface area contributed by atoms with Crippen molar-refractivity contribution in [1.29, 1.82) is 0 Å². The number of hydrogen-bond donors (Lipinski definition) is 1. The molecular formula is C15H23BrN2O. The van der Waals surface area contributed by atoms with Gasteiger partial charge in [0, 0.05) is 22.8 Å². The van der Waals surface area contributed by atoms with Crippen LogP contribution in [0, 0.1) is 0 Å². The molecule has 19 heavy (non-hydrogen) atoms. The first-order valence-corrected chi connectivity index (χ1v) is 8.09. The Morgan fingerprint density at radius 1 is 1.53 bits per heavy atom. The number of hydrogen-bond acceptors (Lipinski definition) is 1. The van der Waals surface area contributed by atoms with Crippen molar-refractivity contribution < 1.29 is 4.79 Å². The number of carbonyl (C=O) groups is 1. The quantitative estimate of drug-likeness (QED) is 0.745. The van der Waals surface area contributed by atoms with Crippen LogP contribution in [0.3, 0.4) is 0 Å². The van der Waals surface area contributed by atoms with Crippen LogP contribution in [0.1, 0.15) is 68.9 Å². The topological polar surface area (TPSA) is 34.0 Å². The molecule has 4 heteroatoms. The van der Waals surface area contributed by atoms with Gasteiger partial charge in [-0.25, -0.2) is 0 Å². The average Bonchev–Trinajstić information content (AvgIpc) is 3.12. The number of nitrogens with one attached hydrogen (secondary N) is 1. The molecule has 1 aromatic rings. The zero-order valence-electron chi connectivity index (χ0n) is 11.8. The molecule has 1 aliphatic rings. The highest BCUT2D eigenvalue weighted by Gasteiger charge is 2.28. The number of rotatable bonds is 7. The first-order valence-electron chi connectivity index (χ1n) is 7.30. The van der Waals surface area contributed by atoms with Gasteiger partial charge in [0.25, 0.3) is 5.91 Å². The maximum absolute atomic E-state index is 12.3. The Bertz CT molecular complexity index is 437. The van der Waals surface area contributed by atoms with Crippen molar-refractivity contribution in [1.82, 2.24) is 9.88 Å². The molecule has 0 bridgehead atoms. The normalized spacial score (nSPS) is 16.4. The SMILES string of the molecule is CCCCCC(C)NC(=O)c1cc(Br)cn1C1CC1. The predicted octanol–water partition coefficient (Wildman–Crippen LogP) is 4.28. The summed E-state index contributed by atoms with van der Waals surface area (Å²) in [4.78, 5) is 12.3. The van der Waals surface area contributed by atoms with E-state index < -0.39 is 0 Å². The highest BCUT2D eigenvalue weighted by molar-refractivity contribution is 9.10. The van der Waals surface area contributed by atoms with Gasteiger partial charge in [-0.1, -0.05) is 26.2 Å². The van der Waals surface area contributed by atoms with E-state index in [1.165, 1.54) is 32.1 Å². The van der Waals surface area contributed by atoms with E-state index in [1.807, 2.05) is 12.3 Å². The Hall–Kier alpha value is -0.770. The number of amides is 1. The van der Waals surface area contributed by atoms with Crippen LogP contribution in [0.5, 0.6) is 0 Å². The lowest BCUT2D eigenvalue weighted by Crippen LogP contribution is -2.33.